The fourth-order valence-corrected chi connectivity index (χ4v) is 2.51. The Hall–Kier alpha value is -1.30. The number of carbonyl (C=O) groups is 1. The van der Waals surface area contributed by atoms with Crippen LogP contribution in [0.25, 0.3) is 0 Å². The molecule has 0 aromatic heterocycles. The van der Waals surface area contributed by atoms with Gasteiger partial charge in [-0.1, -0.05) is 18.2 Å². The average Bonchev–Trinajstić information content (AvgIpc) is 2.49. The van der Waals surface area contributed by atoms with Crippen molar-refractivity contribution in [2.45, 2.75) is 13.0 Å². The number of hydrogen-bond acceptors (Lipinski definition) is 4. The zero-order valence-corrected chi connectivity index (χ0v) is 13.3. The van der Waals surface area contributed by atoms with Gasteiger partial charge in [0.2, 0.25) is 5.91 Å². The minimum atomic E-state index is 0. The van der Waals surface area contributed by atoms with E-state index in [2.05, 4.69) is 11.0 Å². The molecule has 0 bridgehead atoms. The molecule has 0 spiro atoms. The van der Waals surface area contributed by atoms with Crippen LogP contribution >= 0.6 is 12.4 Å². The molecule has 6 heteroatoms. The zero-order valence-electron chi connectivity index (χ0n) is 12.5. The minimum absolute atomic E-state index is 0. The third-order valence-corrected chi connectivity index (χ3v) is 3.67. The molecule has 2 rings (SSSR count). The predicted octanol–water partition coefficient (Wildman–Crippen LogP) is 1.11. The van der Waals surface area contributed by atoms with Crippen molar-refractivity contribution in [3.8, 4) is 5.75 Å². The van der Waals surface area contributed by atoms with Crippen molar-refractivity contribution in [1.82, 2.24) is 9.80 Å². The fraction of sp³-hybridized carbons (Fsp3) is 0.533. The summed E-state index contributed by atoms with van der Waals surface area (Å²) < 4.78 is 5.37. The van der Waals surface area contributed by atoms with Crippen molar-refractivity contribution in [2.75, 3.05) is 39.8 Å². The number of para-hydroxylation sites is 1. The number of hydrogen-bond donors (Lipinski definition) is 1. The van der Waals surface area contributed by atoms with E-state index in [4.69, 9.17) is 10.5 Å². The van der Waals surface area contributed by atoms with Crippen LogP contribution in [-0.2, 0) is 11.3 Å². The van der Waals surface area contributed by atoms with E-state index in [0.717, 1.165) is 38.5 Å². The average molecular weight is 314 g/mol. The van der Waals surface area contributed by atoms with E-state index in [1.807, 2.05) is 23.1 Å². The second kappa shape index (κ2) is 8.87. The highest BCUT2D eigenvalue weighted by Gasteiger charge is 2.21. The summed E-state index contributed by atoms with van der Waals surface area (Å²) in [7, 11) is 1.70. The molecule has 0 atom stereocenters. The molecule has 1 saturated heterocycles. The van der Waals surface area contributed by atoms with Gasteiger partial charge in [-0.2, -0.15) is 0 Å². The molecule has 1 aromatic rings. The van der Waals surface area contributed by atoms with Crippen molar-refractivity contribution in [3.63, 3.8) is 0 Å². The van der Waals surface area contributed by atoms with Crippen LogP contribution in [0.3, 0.4) is 0 Å². The quantitative estimate of drug-likeness (QED) is 0.885. The molecule has 0 radical (unpaired) electrons. The van der Waals surface area contributed by atoms with E-state index >= 15 is 0 Å². The molecule has 118 valence electrons. The van der Waals surface area contributed by atoms with Gasteiger partial charge in [0.05, 0.1) is 7.11 Å². The maximum absolute atomic E-state index is 11.8. The Morgan fingerprint density at radius 3 is 2.52 bits per heavy atom. The summed E-state index contributed by atoms with van der Waals surface area (Å²) in [5.41, 5.74) is 6.62. The number of carbonyl (C=O) groups excluding carboxylic acids is 1. The minimum Gasteiger partial charge on any atom is -0.496 e. The van der Waals surface area contributed by atoms with Crippen molar-refractivity contribution < 1.29 is 9.53 Å². The molecule has 1 fully saturated rings. The van der Waals surface area contributed by atoms with Gasteiger partial charge in [0, 0.05) is 51.3 Å². The Morgan fingerprint density at radius 2 is 1.90 bits per heavy atom. The molecule has 0 unspecified atom stereocenters. The Labute approximate surface area is 132 Å². The van der Waals surface area contributed by atoms with Gasteiger partial charge in [-0.05, 0) is 6.07 Å². The first-order valence-electron chi connectivity index (χ1n) is 7.06. The van der Waals surface area contributed by atoms with Gasteiger partial charge in [-0.3, -0.25) is 9.69 Å². The highest BCUT2D eigenvalue weighted by Crippen LogP contribution is 2.19. The summed E-state index contributed by atoms with van der Waals surface area (Å²) in [6, 6.07) is 8.08. The first-order valence-corrected chi connectivity index (χ1v) is 7.06. The molecule has 0 saturated carbocycles. The van der Waals surface area contributed by atoms with Crippen LogP contribution < -0.4 is 10.5 Å². The van der Waals surface area contributed by atoms with E-state index in [0.29, 0.717) is 13.0 Å². The molecule has 21 heavy (non-hydrogen) atoms. The number of halogens is 1. The summed E-state index contributed by atoms with van der Waals surface area (Å²) in [5.74, 6) is 1.10. The van der Waals surface area contributed by atoms with Crippen LogP contribution in [0.4, 0.5) is 0 Å². The summed E-state index contributed by atoms with van der Waals surface area (Å²) >= 11 is 0. The van der Waals surface area contributed by atoms with Gasteiger partial charge in [0.1, 0.15) is 5.75 Å². The topological polar surface area (TPSA) is 58.8 Å². The summed E-state index contributed by atoms with van der Waals surface area (Å²) in [4.78, 5) is 16.0. The third kappa shape index (κ3) is 4.88. The Balaban J connectivity index is 0.00000220. The maximum Gasteiger partial charge on any atom is 0.223 e. The number of amides is 1. The lowest BCUT2D eigenvalue weighted by molar-refractivity contribution is -0.132. The number of piperazine rings is 1. The monoisotopic (exact) mass is 313 g/mol. The van der Waals surface area contributed by atoms with Crippen molar-refractivity contribution in [2.24, 2.45) is 5.73 Å². The van der Waals surface area contributed by atoms with Crippen molar-refractivity contribution >= 4 is 18.3 Å². The van der Waals surface area contributed by atoms with E-state index in [1.165, 1.54) is 5.56 Å². The molecule has 1 amide bonds. The van der Waals surface area contributed by atoms with E-state index < -0.39 is 0 Å². The van der Waals surface area contributed by atoms with Gasteiger partial charge in [0.15, 0.2) is 0 Å². The van der Waals surface area contributed by atoms with Gasteiger partial charge >= 0.3 is 0 Å². The lowest BCUT2D eigenvalue weighted by Crippen LogP contribution is -2.48. The van der Waals surface area contributed by atoms with E-state index in [1.54, 1.807) is 7.11 Å². The fourth-order valence-electron chi connectivity index (χ4n) is 2.51. The van der Waals surface area contributed by atoms with Crippen molar-refractivity contribution in [1.29, 1.82) is 0 Å². The van der Waals surface area contributed by atoms with Crippen molar-refractivity contribution in [3.05, 3.63) is 29.8 Å². The number of benzene rings is 1. The number of rotatable bonds is 5. The first-order chi connectivity index (χ1) is 9.74. The molecule has 1 aliphatic rings. The van der Waals surface area contributed by atoms with Crippen LogP contribution in [0.15, 0.2) is 24.3 Å². The highest BCUT2D eigenvalue weighted by molar-refractivity contribution is 5.85. The van der Waals surface area contributed by atoms with Gasteiger partial charge in [0.25, 0.3) is 0 Å². The molecular formula is C15H24ClN3O2. The number of nitrogens with zero attached hydrogens (tertiary/aromatic N) is 2. The first kappa shape index (κ1) is 17.8. The highest BCUT2D eigenvalue weighted by atomic mass is 35.5. The standard InChI is InChI=1S/C15H23N3O2.ClH/c1-20-14-5-3-2-4-13(14)12-17-8-10-18(11-9-17)15(19)6-7-16;/h2-5H,6-12,16H2,1H3;1H. The Morgan fingerprint density at radius 1 is 1.24 bits per heavy atom. The smallest absolute Gasteiger partial charge is 0.223 e. The van der Waals surface area contributed by atoms with Crippen LogP contribution in [0, 0.1) is 0 Å². The number of ether oxygens (including phenoxy) is 1. The summed E-state index contributed by atoms with van der Waals surface area (Å²) in [5, 5.41) is 0. The molecule has 0 aliphatic carbocycles. The largest absolute Gasteiger partial charge is 0.496 e. The van der Waals surface area contributed by atoms with Crippen LogP contribution in [0.5, 0.6) is 5.75 Å². The maximum atomic E-state index is 11.8. The van der Waals surface area contributed by atoms with Crippen LogP contribution in [-0.4, -0.2) is 55.5 Å². The second-order valence-corrected chi connectivity index (χ2v) is 5.01. The van der Waals surface area contributed by atoms with E-state index in [9.17, 15) is 4.79 Å². The predicted molar refractivity (Wildman–Crippen MR) is 85.8 cm³/mol. The van der Waals surface area contributed by atoms with Gasteiger partial charge < -0.3 is 15.4 Å². The molecular weight excluding hydrogens is 290 g/mol. The Kier molecular flexibility index (Phi) is 7.50. The van der Waals surface area contributed by atoms with Crippen LogP contribution in [0.2, 0.25) is 0 Å². The molecule has 5 nitrogen and oxygen atoms in total. The third-order valence-electron chi connectivity index (χ3n) is 3.67. The van der Waals surface area contributed by atoms with Crippen LogP contribution in [0.1, 0.15) is 12.0 Å². The zero-order chi connectivity index (χ0) is 14.4. The molecule has 1 heterocycles. The second-order valence-electron chi connectivity index (χ2n) is 5.01. The SMILES string of the molecule is COc1ccccc1CN1CCN(C(=O)CCN)CC1.Cl. The lowest BCUT2D eigenvalue weighted by Gasteiger charge is -2.35. The van der Waals surface area contributed by atoms with Gasteiger partial charge in [-0.25, -0.2) is 0 Å². The van der Waals surface area contributed by atoms with Gasteiger partial charge in [-0.15, -0.1) is 12.4 Å². The summed E-state index contributed by atoms with van der Waals surface area (Å²) in [6.45, 7) is 4.66. The number of nitrogens with two attached hydrogens (primary N) is 1. The summed E-state index contributed by atoms with van der Waals surface area (Å²) in [6.07, 6.45) is 0.451. The Bertz CT molecular complexity index is 448. The normalized spacial score (nSPS) is 15.4. The molecule has 2 N–H and O–H groups in total. The number of methoxy groups -OCH3 is 1. The van der Waals surface area contributed by atoms with E-state index in [-0.39, 0.29) is 18.3 Å². The molecule has 1 aromatic carbocycles. The molecule has 1 aliphatic heterocycles. The lowest BCUT2D eigenvalue weighted by atomic mass is 10.1.